The van der Waals surface area contributed by atoms with Gasteiger partial charge in [-0.1, -0.05) is 6.92 Å². The van der Waals surface area contributed by atoms with Gasteiger partial charge in [-0.05, 0) is 30.7 Å². The molecule has 0 saturated carbocycles. The number of anilines is 2. The van der Waals surface area contributed by atoms with E-state index in [4.69, 9.17) is 4.74 Å². The van der Waals surface area contributed by atoms with Gasteiger partial charge in [-0.3, -0.25) is 9.69 Å². The van der Waals surface area contributed by atoms with Gasteiger partial charge >= 0.3 is 6.09 Å². The first-order valence-corrected chi connectivity index (χ1v) is 7.76. The first kappa shape index (κ1) is 16.7. The molecule has 0 unspecified atom stereocenters. The monoisotopic (exact) mass is 345 g/mol. The van der Waals surface area contributed by atoms with E-state index in [1.165, 1.54) is 35.4 Å². The lowest BCUT2D eigenvalue weighted by molar-refractivity contribution is -0.604. The Bertz CT molecular complexity index is 827. The lowest BCUT2D eigenvalue weighted by atomic mass is 10.1. The second kappa shape index (κ2) is 6.76. The molecule has 0 aliphatic carbocycles. The standard InChI is InChI=1S/C17H16FN3O4/c1-2-13-10-21(17(23)25-13)12-5-6-14(15(18)8-12)16(22)19-11-4-3-7-20(24)9-11/h3-9,13H,2,10H2,1H3,(H,19,22)/t13-/m0/s1. The van der Waals surface area contributed by atoms with Crippen molar-refractivity contribution in [2.45, 2.75) is 19.4 Å². The smallest absolute Gasteiger partial charge is 0.414 e. The highest BCUT2D eigenvalue weighted by molar-refractivity contribution is 6.04. The SMILES string of the molecule is CC[C@H]1CN(c2ccc(C(=O)Nc3ccc[n+]([O-])c3)c(F)c2)C(=O)O1. The van der Waals surface area contributed by atoms with Gasteiger partial charge in [0.15, 0.2) is 6.20 Å². The fourth-order valence-corrected chi connectivity index (χ4v) is 2.53. The molecule has 0 bridgehead atoms. The van der Waals surface area contributed by atoms with Crippen molar-refractivity contribution in [2.75, 3.05) is 16.8 Å². The molecule has 1 atom stereocenters. The highest BCUT2D eigenvalue weighted by Crippen LogP contribution is 2.25. The predicted octanol–water partition coefficient (Wildman–Crippen LogP) is 2.45. The third kappa shape index (κ3) is 3.52. The molecule has 1 aromatic heterocycles. The highest BCUT2D eigenvalue weighted by Gasteiger charge is 2.31. The third-order valence-electron chi connectivity index (χ3n) is 3.87. The molecule has 25 heavy (non-hydrogen) atoms. The molecule has 1 fully saturated rings. The van der Waals surface area contributed by atoms with Crippen LogP contribution in [0.4, 0.5) is 20.6 Å². The number of amides is 2. The molecule has 3 rings (SSSR count). The third-order valence-corrected chi connectivity index (χ3v) is 3.87. The Labute approximate surface area is 143 Å². The van der Waals surface area contributed by atoms with Crippen LogP contribution in [0.5, 0.6) is 0 Å². The van der Waals surface area contributed by atoms with E-state index < -0.39 is 17.8 Å². The Balaban J connectivity index is 1.78. The summed E-state index contributed by atoms with van der Waals surface area (Å²) in [5.41, 5.74) is 0.386. The minimum Gasteiger partial charge on any atom is -0.619 e. The zero-order valence-electron chi connectivity index (χ0n) is 13.4. The van der Waals surface area contributed by atoms with Crippen LogP contribution in [0.2, 0.25) is 0 Å². The number of halogens is 1. The van der Waals surface area contributed by atoms with Crippen molar-refractivity contribution in [3.05, 3.63) is 59.3 Å². The number of nitrogens with one attached hydrogen (secondary N) is 1. The summed E-state index contributed by atoms with van der Waals surface area (Å²) >= 11 is 0. The van der Waals surface area contributed by atoms with Crippen molar-refractivity contribution in [1.29, 1.82) is 0 Å². The van der Waals surface area contributed by atoms with Gasteiger partial charge in [-0.15, -0.1) is 0 Å². The van der Waals surface area contributed by atoms with Crippen LogP contribution < -0.4 is 14.9 Å². The number of nitrogens with zero attached hydrogens (tertiary/aromatic N) is 2. The van der Waals surface area contributed by atoms with Crippen LogP contribution >= 0.6 is 0 Å². The second-order valence-electron chi connectivity index (χ2n) is 5.60. The molecule has 7 nitrogen and oxygen atoms in total. The van der Waals surface area contributed by atoms with Crippen molar-refractivity contribution < 1.29 is 23.4 Å². The number of pyridine rings is 1. The van der Waals surface area contributed by atoms with Crippen LogP contribution in [0.1, 0.15) is 23.7 Å². The summed E-state index contributed by atoms with van der Waals surface area (Å²) in [6, 6.07) is 6.87. The number of aromatic nitrogens is 1. The first-order chi connectivity index (χ1) is 12.0. The molecular formula is C17H16FN3O4. The Morgan fingerprint density at radius 3 is 2.92 bits per heavy atom. The number of carbonyl (C=O) groups is 2. The molecule has 8 heteroatoms. The number of benzene rings is 1. The second-order valence-corrected chi connectivity index (χ2v) is 5.60. The molecule has 2 aromatic rings. The lowest BCUT2D eigenvalue weighted by Gasteiger charge is -2.14. The number of hydrogen-bond acceptors (Lipinski definition) is 4. The summed E-state index contributed by atoms with van der Waals surface area (Å²) in [4.78, 5) is 25.3. The highest BCUT2D eigenvalue weighted by atomic mass is 19.1. The molecule has 0 radical (unpaired) electrons. The number of ether oxygens (including phenoxy) is 1. The van der Waals surface area contributed by atoms with Gasteiger partial charge < -0.3 is 15.3 Å². The molecule has 1 aliphatic heterocycles. The van der Waals surface area contributed by atoms with E-state index in [2.05, 4.69) is 5.32 Å². The molecule has 1 N–H and O–H groups in total. The molecule has 1 aromatic carbocycles. The Kier molecular flexibility index (Phi) is 4.51. The van der Waals surface area contributed by atoms with Crippen LogP contribution in [-0.4, -0.2) is 24.6 Å². The van der Waals surface area contributed by atoms with Crippen LogP contribution in [0, 0.1) is 11.0 Å². The average Bonchev–Trinajstić information content (AvgIpc) is 2.95. The number of cyclic esters (lactones) is 1. The summed E-state index contributed by atoms with van der Waals surface area (Å²) in [5, 5.41) is 13.6. The van der Waals surface area contributed by atoms with Crippen LogP contribution in [0.25, 0.3) is 0 Å². The summed E-state index contributed by atoms with van der Waals surface area (Å²) in [7, 11) is 0. The molecule has 0 spiro atoms. The van der Waals surface area contributed by atoms with Crippen molar-refractivity contribution in [3.8, 4) is 0 Å². The average molecular weight is 345 g/mol. The van der Waals surface area contributed by atoms with Gasteiger partial charge in [0.25, 0.3) is 5.91 Å². The molecule has 1 aliphatic rings. The van der Waals surface area contributed by atoms with Crippen LogP contribution in [0.15, 0.2) is 42.7 Å². The normalized spacial score (nSPS) is 16.6. The van der Waals surface area contributed by atoms with E-state index in [9.17, 15) is 19.2 Å². The van der Waals surface area contributed by atoms with E-state index in [0.717, 1.165) is 12.3 Å². The summed E-state index contributed by atoms with van der Waals surface area (Å²) in [6.45, 7) is 2.23. The minimum absolute atomic E-state index is 0.190. The van der Waals surface area contributed by atoms with E-state index in [1.54, 1.807) is 0 Å². The van der Waals surface area contributed by atoms with Gasteiger partial charge in [0.05, 0.1) is 17.8 Å². The van der Waals surface area contributed by atoms with Crippen molar-refractivity contribution in [3.63, 3.8) is 0 Å². The van der Waals surface area contributed by atoms with Crippen LogP contribution in [-0.2, 0) is 4.74 Å². The Morgan fingerprint density at radius 2 is 2.28 bits per heavy atom. The van der Waals surface area contributed by atoms with Crippen molar-refractivity contribution in [2.24, 2.45) is 0 Å². The maximum Gasteiger partial charge on any atom is 0.414 e. The van der Waals surface area contributed by atoms with Crippen LogP contribution in [0.3, 0.4) is 0 Å². The summed E-state index contributed by atoms with van der Waals surface area (Å²) < 4.78 is 20.0. The minimum atomic E-state index is -0.770. The van der Waals surface area contributed by atoms with Gasteiger partial charge in [-0.25, -0.2) is 9.18 Å². The summed E-state index contributed by atoms with van der Waals surface area (Å²) in [6.07, 6.45) is 2.34. The Morgan fingerprint density at radius 1 is 1.48 bits per heavy atom. The molecular weight excluding hydrogens is 329 g/mol. The topological polar surface area (TPSA) is 85.6 Å². The number of hydrogen-bond donors (Lipinski definition) is 1. The van der Waals surface area contributed by atoms with Crippen molar-refractivity contribution >= 4 is 23.4 Å². The Hall–Kier alpha value is -3.16. The quantitative estimate of drug-likeness (QED) is 0.681. The van der Waals surface area contributed by atoms with Crippen molar-refractivity contribution in [1.82, 2.24) is 0 Å². The van der Waals surface area contributed by atoms with E-state index >= 15 is 0 Å². The zero-order chi connectivity index (χ0) is 18.0. The fourth-order valence-electron chi connectivity index (χ4n) is 2.53. The fraction of sp³-hybridized carbons (Fsp3) is 0.235. The van der Waals surface area contributed by atoms with Gasteiger partial charge in [0, 0.05) is 6.07 Å². The first-order valence-electron chi connectivity index (χ1n) is 7.76. The molecule has 130 valence electrons. The predicted molar refractivity (Wildman–Crippen MR) is 87.7 cm³/mol. The zero-order valence-corrected chi connectivity index (χ0v) is 13.4. The number of rotatable bonds is 4. The van der Waals surface area contributed by atoms with Gasteiger partial charge in [0.2, 0.25) is 6.20 Å². The lowest BCUT2D eigenvalue weighted by Crippen LogP contribution is -2.26. The van der Waals surface area contributed by atoms with E-state index in [1.807, 2.05) is 6.92 Å². The maximum absolute atomic E-state index is 14.3. The molecule has 1 saturated heterocycles. The maximum atomic E-state index is 14.3. The number of carbonyl (C=O) groups excluding carboxylic acids is 2. The van der Waals surface area contributed by atoms with E-state index in [0.29, 0.717) is 23.4 Å². The van der Waals surface area contributed by atoms with E-state index in [-0.39, 0.29) is 17.4 Å². The van der Waals surface area contributed by atoms with Gasteiger partial charge in [0.1, 0.15) is 17.6 Å². The molecule has 2 heterocycles. The summed E-state index contributed by atoms with van der Waals surface area (Å²) in [5.74, 6) is -1.46. The molecule has 2 amide bonds. The van der Waals surface area contributed by atoms with Gasteiger partial charge in [-0.2, -0.15) is 4.73 Å². The largest absolute Gasteiger partial charge is 0.619 e.